The number of hydrogen-bond acceptors (Lipinski definition) is 5. The first-order chi connectivity index (χ1) is 10.6. The minimum atomic E-state index is -0.104. The van der Waals surface area contributed by atoms with Crippen molar-refractivity contribution in [3.05, 3.63) is 58.1 Å². The minimum absolute atomic E-state index is 0.104. The van der Waals surface area contributed by atoms with E-state index in [0.717, 1.165) is 5.56 Å². The predicted octanol–water partition coefficient (Wildman–Crippen LogP) is 4.50. The van der Waals surface area contributed by atoms with Crippen LogP contribution >= 0.6 is 23.2 Å². The third-order valence-corrected chi connectivity index (χ3v) is 3.41. The van der Waals surface area contributed by atoms with E-state index in [1.54, 1.807) is 6.07 Å². The molecule has 0 spiro atoms. The van der Waals surface area contributed by atoms with Gasteiger partial charge in [0.15, 0.2) is 5.69 Å². The number of phenols is 1. The second-order valence-electron chi connectivity index (χ2n) is 4.39. The topological polar surface area (TPSA) is 71.5 Å². The Bertz CT molecular complexity index is 832. The van der Waals surface area contributed by atoms with Crippen molar-refractivity contribution in [3.8, 4) is 17.0 Å². The van der Waals surface area contributed by atoms with Gasteiger partial charge in [-0.1, -0.05) is 53.5 Å². The molecule has 0 aliphatic heterocycles. The molecule has 0 aliphatic carbocycles. The van der Waals surface area contributed by atoms with Crippen molar-refractivity contribution in [2.45, 2.75) is 0 Å². The van der Waals surface area contributed by atoms with Crippen molar-refractivity contribution in [1.29, 1.82) is 0 Å². The van der Waals surface area contributed by atoms with Gasteiger partial charge in [0.1, 0.15) is 5.75 Å². The maximum atomic E-state index is 9.90. The number of aromatic nitrogens is 2. The van der Waals surface area contributed by atoms with E-state index in [1.165, 1.54) is 12.3 Å². The summed E-state index contributed by atoms with van der Waals surface area (Å²) in [6.45, 7) is 0. The SMILES string of the molecule is Oc1c(Cl)cc(Cl)cc1C=Nc1nonc1-c1ccccc1. The fourth-order valence-electron chi connectivity index (χ4n) is 1.86. The molecule has 7 heteroatoms. The van der Waals surface area contributed by atoms with Crippen LogP contribution in [0, 0.1) is 0 Å². The van der Waals surface area contributed by atoms with E-state index in [-0.39, 0.29) is 10.8 Å². The molecule has 1 N–H and O–H groups in total. The molecular formula is C15H9Cl2N3O2. The Kier molecular flexibility index (Phi) is 4.09. The lowest BCUT2D eigenvalue weighted by molar-refractivity contribution is 0.310. The molecule has 0 atom stereocenters. The van der Waals surface area contributed by atoms with E-state index < -0.39 is 0 Å². The van der Waals surface area contributed by atoms with Crippen LogP contribution in [0.3, 0.4) is 0 Å². The molecule has 5 nitrogen and oxygen atoms in total. The van der Waals surface area contributed by atoms with Gasteiger partial charge in [-0.05, 0) is 22.4 Å². The normalized spacial score (nSPS) is 11.2. The molecule has 0 radical (unpaired) electrons. The number of aliphatic imine (C=N–C) groups is 1. The van der Waals surface area contributed by atoms with Gasteiger partial charge in [0.05, 0.1) is 5.02 Å². The maximum absolute atomic E-state index is 9.90. The van der Waals surface area contributed by atoms with Crippen LogP contribution in [0.1, 0.15) is 5.56 Å². The van der Waals surface area contributed by atoms with E-state index in [4.69, 9.17) is 27.8 Å². The van der Waals surface area contributed by atoms with Crippen molar-refractivity contribution < 1.29 is 9.74 Å². The molecule has 1 aromatic heterocycles. The summed E-state index contributed by atoms with van der Waals surface area (Å²) in [6, 6.07) is 12.4. The van der Waals surface area contributed by atoms with E-state index in [2.05, 4.69) is 15.3 Å². The summed E-state index contributed by atoms with van der Waals surface area (Å²) < 4.78 is 4.74. The molecule has 1 heterocycles. The molecular weight excluding hydrogens is 325 g/mol. The van der Waals surface area contributed by atoms with Gasteiger partial charge in [-0.2, -0.15) is 0 Å². The van der Waals surface area contributed by atoms with Gasteiger partial charge in [-0.25, -0.2) is 9.62 Å². The van der Waals surface area contributed by atoms with Crippen molar-refractivity contribution in [3.63, 3.8) is 0 Å². The van der Waals surface area contributed by atoms with Gasteiger partial charge in [-0.3, -0.25) is 0 Å². The molecule has 3 rings (SSSR count). The quantitative estimate of drug-likeness (QED) is 0.716. The van der Waals surface area contributed by atoms with Gasteiger partial charge >= 0.3 is 0 Å². The number of phenolic OH excluding ortho intramolecular Hbond substituents is 1. The van der Waals surface area contributed by atoms with Gasteiger partial charge in [0.25, 0.3) is 0 Å². The lowest BCUT2D eigenvalue weighted by atomic mass is 10.1. The molecule has 3 aromatic rings. The van der Waals surface area contributed by atoms with E-state index in [0.29, 0.717) is 22.1 Å². The number of halogens is 2. The summed E-state index contributed by atoms with van der Waals surface area (Å²) in [4.78, 5) is 4.19. The highest BCUT2D eigenvalue weighted by Crippen LogP contribution is 2.31. The molecule has 0 bridgehead atoms. The third-order valence-electron chi connectivity index (χ3n) is 2.90. The fourth-order valence-corrected chi connectivity index (χ4v) is 2.37. The summed E-state index contributed by atoms with van der Waals surface area (Å²) >= 11 is 11.8. The van der Waals surface area contributed by atoms with Crippen LogP contribution in [0.25, 0.3) is 11.3 Å². The first kappa shape index (κ1) is 14.6. The lowest BCUT2D eigenvalue weighted by Gasteiger charge is -2.01. The number of rotatable bonds is 3. The monoisotopic (exact) mass is 333 g/mol. The highest BCUT2D eigenvalue weighted by molar-refractivity contribution is 6.36. The Morgan fingerprint density at radius 3 is 2.64 bits per heavy atom. The molecule has 0 saturated heterocycles. The zero-order chi connectivity index (χ0) is 15.5. The Balaban J connectivity index is 1.97. The highest BCUT2D eigenvalue weighted by Gasteiger charge is 2.11. The fraction of sp³-hybridized carbons (Fsp3) is 0. The molecule has 0 aliphatic rings. The first-order valence-corrected chi connectivity index (χ1v) is 7.01. The van der Waals surface area contributed by atoms with Crippen molar-refractivity contribution in [2.24, 2.45) is 4.99 Å². The minimum Gasteiger partial charge on any atom is -0.506 e. The van der Waals surface area contributed by atoms with Crippen LogP contribution in [0.2, 0.25) is 10.0 Å². The van der Waals surface area contributed by atoms with E-state index in [1.807, 2.05) is 30.3 Å². The van der Waals surface area contributed by atoms with Crippen LogP contribution in [-0.4, -0.2) is 21.6 Å². The molecule has 110 valence electrons. The van der Waals surface area contributed by atoms with Gasteiger partial charge in [0, 0.05) is 22.4 Å². The largest absolute Gasteiger partial charge is 0.506 e. The van der Waals surface area contributed by atoms with Crippen LogP contribution in [0.4, 0.5) is 5.82 Å². The average molecular weight is 334 g/mol. The number of aromatic hydroxyl groups is 1. The van der Waals surface area contributed by atoms with Crippen LogP contribution < -0.4 is 0 Å². The molecule has 22 heavy (non-hydrogen) atoms. The smallest absolute Gasteiger partial charge is 0.224 e. The third kappa shape index (κ3) is 2.95. The van der Waals surface area contributed by atoms with Gasteiger partial charge < -0.3 is 5.11 Å². The summed E-state index contributed by atoms with van der Waals surface area (Å²) in [6.07, 6.45) is 1.40. The number of nitrogens with zero attached hydrogens (tertiary/aromatic N) is 3. The molecule has 0 unspecified atom stereocenters. The lowest BCUT2D eigenvalue weighted by Crippen LogP contribution is -1.85. The second-order valence-corrected chi connectivity index (χ2v) is 5.23. The van der Waals surface area contributed by atoms with E-state index in [9.17, 15) is 5.11 Å². The Hall–Kier alpha value is -2.37. The van der Waals surface area contributed by atoms with Crippen LogP contribution in [0.5, 0.6) is 5.75 Å². The summed E-state index contributed by atoms with van der Waals surface area (Å²) in [5.41, 5.74) is 1.70. The predicted molar refractivity (Wildman–Crippen MR) is 85.1 cm³/mol. The molecule has 0 amide bonds. The Morgan fingerprint density at radius 2 is 1.86 bits per heavy atom. The summed E-state index contributed by atoms with van der Waals surface area (Å²) in [7, 11) is 0. The molecule has 0 fully saturated rings. The van der Waals surface area contributed by atoms with Crippen LogP contribution in [-0.2, 0) is 0 Å². The Morgan fingerprint density at radius 1 is 1.09 bits per heavy atom. The molecule has 2 aromatic carbocycles. The Labute approximate surface area is 135 Å². The van der Waals surface area contributed by atoms with Gasteiger partial charge in [0.2, 0.25) is 5.82 Å². The van der Waals surface area contributed by atoms with Gasteiger partial charge in [-0.15, -0.1) is 0 Å². The number of benzene rings is 2. The van der Waals surface area contributed by atoms with Crippen molar-refractivity contribution in [1.82, 2.24) is 10.3 Å². The zero-order valence-electron chi connectivity index (χ0n) is 11.1. The van der Waals surface area contributed by atoms with E-state index >= 15 is 0 Å². The summed E-state index contributed by atoms with van der Waals surface area (Å²) in [5.74, 6) is 0.189. The van der Waals surface area contributed by atoms with Crippen molar-refractivity contribution in [2.75, 3.05) is 0 Å². The molecule has 0 saturated carbocycles. The van der Waals surface area contributed by atoms with Crippen LogP contribution in [0.15, 0.2) is 52.1 Å². The van der Waals surface area contributed by atoms with Crippen molar-refractivity contribution >= 4 is 35.2 Å². The zero-order valence-corrected chi connectivity index (χ0v) is 12.6. The average Bonchev–Trinajstić information content (AvgIpc) is 2.99. The summed E-state index contributed by atoms with van der Waals surface area (Å²) in [5, 5.41) is 18.0. The standard InChI is InChI=1S/C15H9Cl2N3O2/c16-11-6-10(14(21)12(17)7-11)8-18-15-13(19-22-20-15)9-4-2-1-3-5-9/h1-8,21H. The number of hydrogen-bond donors (Lipinski definition) is 1. The first-order valence-electron chi connectivity index (χ1n) is 6.25. The second kappa shape index (κ2) is 6.17. The maximum Gasteiger partial charge on any atom is 0.224 e. The highest BCUT2D eigenvalue weighted by atomic mass is 35.5.